The maximum absolute atomic E-state index is 3.78. The molecule has 114 valence electrons. The van der Waals surface area contributed by atoms with E-state index in [0.29, 0.717) is 17.2 Å². The molecule has 1 N–H and O–H groups in total. The van der Waals surface area contributed by atoms with Crippen molar-refractivity contribution in [3.05, 3.63) is 35.9 Å². The van der Waals surface area contributed by atoms with Crippen LogP contribution < -0.4 is 5.32 Å². The van der Waals surface area contributed by atoms with Gasteiger partial charge in [0.05, 0.1) is 0 Å². The zero-order chi connectivity index (χ0) is 15.0. The van der Waals surface area contributed by atoms with E-state index in [1.807, 2.05) is 0 Å². The molecule has 3 atom stereocenters. The molecule has 0 spiro atoms. The quantitative estimate of drug-likeness (QED) is 0.664. The number of hydrogen-bond donors (Lipinski definition) is 1. The van der Waals surface area contributed by atoms with E-state index in [4.69, 9.17) is 0 Å². The molecule has 0 saturated heterocycles. The van der Waals surface area contributed by atoms with E-state index in [0.717, 1.165) is 11.8 Å². The van der Waals surface area contributed by atoms with Gasteiger partial charge in [-0.15, -0.1) is 0 Å². The summed E-state index contributed by atoms with van der Waals surface area (Å²) >= 11 is 2.14. The van der Waals surface area contributed by atoms with E-state index < -0.39 is 0 Å². The van der Waals surface area contributed by atoms with E-state index in [9.17, 15) is 0 Å². The van der Waals surface area contributed by atoms with Crippen molar-refractivity contribution in [3.63, 3.8) is 0 Å². The molecule has 0 radical (unpaired) electrons. The molecule has 1 nitrogen and oxygen atoms in total. The maximum atomic E-state index is 3.78. The molecule has 0 aromatic heterocycles. The van der Waals surface area contributed by atoms with Crippen molar-refractivity contribution >= 4 is 11.8 Å². The average Bonchev–Trinajstić information content (AvgIpc) is 2.47. The van der Waals surface area contributed by atoms with Crippen LogP contribution in [0.4, 0.5) is 0 Å². The summed E-state index contributed by atoms with van der Waals surface area (Å²) < 4.78 is 0. The van der Waals surface area contributed by atoms with E-state index in [1.54, 1.807) is 0 Å². The number of rotatable bonds is 9. The largest absolute Gasteiger partial charge is 0.309 e. The number of hydrogen-bond acceptors (Lipinski definition) is 2. The Morgan fingerprint density at radius 1 is 1.05 bits per heavy atom. The Bertz CT molecular complexity index is 350. The Kier molecular flexibility index (Phi) is 8.32. The molecule has 1 rings (SSSR count). The predicted octanol–water partition coefficient (Wildman–Crippen LogP) is 5.28. The van der Waals surface area contributed by atoms with Crippen molar-refractivity contribution in [1.29, 1.82) is 0 Å². The first-order valence-corrected chi connectivity index (χ1v) is 8.98. The molecule has 1 aromatic carbocycles. The molecule has 0 heterocycles. The fourth-order valence-corrected chi connectivity index (χ4v) is 3.82. The topological polar surface area (TPSA) is 12.0 Å². The number of benzene rings is 1. The minimum absolute atomic E-state index is 0.454. The molecular weight excluding hydrogens is 262 g/mol. The third-order valence-electron chi connectivity index (χ3n) is 3.72. The van der Waals surface area contributed by atoms with Crippen molar-refractivity contribution in [2.24, 2.45) is 5.92 Å². The maximum Gasteiger partial charge on any atom is 0.0443 e. The smallest absolute Gasteiger partial charge is 0.0443 e. The van der Waals surface area contributed by atoms with Crippen LogP contribution in [0.15, 0.2) is 30.3 Å². The van der Waals surface area contributed by atoms with Gasteiger partial charge in [0.2, 0.25) is 0 Å². The van der Waals surface area contributed by atoms with Crippen LogP contribution in [0.1, 0.15) is 59.1 Å². The SMILES string of the molecule is CCCNC(c1ccccc1)C(SC(C)CC)C(C)C. The molecule has 0 bridgehead atoms. The summed E-state index contributed by atoms with van der Waals surface area (Å²) in [6, 6.07) is 11.4. The highest BCUT2D eigenvalue weighted by Crippen LogP contribution is 2.35. The van der Waals surface area contributed by atoms with E-state index in [2.05, 4.69) is 82.0 Å². The fourth-order valence-electron chi connectivity index (χ4n) is 2.37. The normalized spacial score (nSPS) is 16.1. The Balaban J connectivity index is 2.92. The fraction of sp³-hybridized carbons (Fsp3) is 0.667. The summed E-state index contributed by atoms with van der Waals surface area (Å²) in [7, 11) is 0. The lowest BCUT2D eigenvalue weighted by Gasteiger charge is -2.33. The summed E-state index contributed by atoms with van der Waals surface area (Å²) in [5.41, 5.74) is 1.43. The molecule has 1 aromatic rings. The van der Waals surface area contributed by atoms with Gasteiger partial charge in [0.25, 0.3) is 0 Å². The van der Waals surface area contributed by atoms with Crippen molar-refractivity contribution in [1.82, 2.24) is 5.32 Å². The molecule has 0 amide bonds. The van der Waals surface area contributed by atoms with Crippen molar-refractivity contribution in [3.8, 4) is 0 Å². The third-order valence-corrected chi connectivity index (χ3v) is 5.65. The molecule has 0 saturated carbocycles. The van der Waals surface area contributed by atoms with Crippen molar-refractivity contribution in [2.45, 2.75) is 64.0 Å². The summed E-state index contributed by atoms with van der Waals surface area (Å²) in [5, 5.41) is 5.12. The standard InChI is InChI=1S/C18H31NS/c1-6-13-19-17(16-11-9-8-10-12-16)18(14(3)4)20-15(5)7-2/h8-12,14-15,17-19H,6-7,13H2,1-5H3. The molecule has 20 heavy (non-hydrogen) atoms. The second kappa shape index (κ2) is 9.46. The van der Waals surface area contributed by atoms with Crippen LogP contribution in [0.3, 0.4) is 0 Å². The zero-order valence-corrected chi connectivity index (χ0v) is 14.5. The average molecular weight is 294 g/mol. The second-order valence-corrected chi connectivity index (χ2v) is 7.53. The van der Waals surface area contributed by atoms with E-state index in [1.165, 1.54) is 18.4 Å². The number of thioether (sulfide) groups is 1. The van der Waals surface area contributed by atoms with Crippen LogP contribution in [-0.2, 0) is 0 Å². The highest BCUT2D eigenvalue weighted by atomic mass is 32.2. The Hall–Kier alpha value is -0.470. The van der Waals surface area contributed by atoms with Crippen LogP contribution in [0, 0.1) is 5.92 Å². The lowest BCUT2D eigenvalue weighted by atomic mass is 9.96. The van der Waals surface area contributed by atoms with Gasteiger partial charge >= 0.3 is 0 Å². The van der Waals surface area contributed by atoms with Gasteiger partial charge in [-0.3, -0.25) is 0 Å². The Morgan fingerprint density at radius 2 is 1.70 bits per heavy atom. The summed E-state index contributed by atoms with van der Waals surface area (Å²) in [6.07, 6.45) is 2.42. The number of nitrogens with one attached hydrogen (secondary N) is 1. The minimum atomic E-state index is 0.454. The molecular formula is C18H31NS. The van der Waals surface area contributed by atoms with Crippen molar-refractivity contribution < 1.29 is 0 Å². The lowest BCUT2D eigenvalue weighted by Crippen LogP contribution is -2.34. The van der Waals surface area contributed by atoms with E-state index in [-0.39, 0.29) is 0 Å². The summed E-state index contributed by atoms with van der Waals surface area (Å²) in [6.45, 7) is 12.7. The molecule has 0 aliphatic heterocycles. The Morgan fingerprint density at radius 3 is 2.20 bits per heavy atom. The first-order chi connectivity index (χ1) is 9.60. The van der Waals surface area contributed by atoms with Gasteiger partial charge < -0.3 is 5.32 Å². The highest BCUT2D eigenvalue weighted by molar-refractivity contribution is 8.00. The van der Waals surface area contributed by atoms with Crippen LogP contribution in [-0.4, -0.2) is 17.0 Å². The van der Waals surface area contributed by atoms with Gasteiger partial charge in [0, 0.05) is 16.5 Å². The van der Waals surface area contributed by atoms with E-state index >= 15 is 0 Å². The highest BCUT2D eigenvalue weighted by Gasteiger charge is 2.27. The molecule has 3 unspecified atom stereocenters. The molecule has 0 aliphatic carbocycles. The van der Waals surface area contributed by atoms with Gasteiger partial charge in [0.1, 0.15) is 0 Å². The molecule has 0 aliphatic rings. The predicted molar refractivity (Wildman–Crippen MR) is 93.4 cm³/mol. The Labute approximate surface area is 129 Å². The van der Waals surface area contributed by atoms with Crippen LogP contribution >= 0.6 is 11.8 Å². The monoisotopic (exact) mass is 293 g/mol. The van der Waals surface area contributed by atoms with Crippen LogP contribution in [0.5, 0.6) is 0 Å². The third kappa shape index (κ3) is 5.49. The van der Waals surface area contributed by atoms with Crippen LogP contribution in [0.25, 0.3) is 0 Å². The minimum Gasteiger partial charge on any atom is -0.309 e. The van der Waals surface area contributed by atoms with Crippen molar-refractivity contribution in [2.75, 3.05) is 6.54 Å². The van der Waals surface area contributed by atoms with Gasteiger partial charge in [-0.1, -0.05) is 65.0 Å². The first kappa shape index (κ1) is 17.6. The summed E-state index contributed by atoms with van der Waals surface area (Å²) in [4.78, 5) is 0. The summed E-state index contributed by atoms with van der Waals surface area (Å²) in [5.74, 6) is 0.670. The first-order valence-electron chi connectivity index (χ1n) is 8.03. The van der Waals surface area contributed by atoms with Gasteiger partial charge in [-0.25, -0.2) is 0 Å². The zero-order valence-electron chi connectivity index (χ0n) is 13.7. The van der Waals surface area contributed by atoms with Gasteiger partial charge in [-0.2, -0.15) is 11.8 Å². The second-order valence-electron chi connectivity index (χ2n) is 5.91. The van der Waals surface area contributed by atoms with Gasteiger partial charge in [0.15, 0.2) is 0 Å². The van der Waals surface area contributed by atoms with Crippen LogP contribution in [0.2, 0.25) is 0 Å². The molecule has 0 fully saturated rings. The molecule has 2 heteroatoms. The lowest BCUT2D eigenvalue weighted by molar-refractivity contribution is 0.443. The van der Waals surface area contributed by atoms with Gasteiger partial charge in [-0.05, 0) is 30.9 Å².